The Morgan fingerprint density at radius 2 is 1.96 bits per heavy atom. The molecule has 1 N–H and O–H groups in total. The molecule has 2 aromatic rings. The monoisotopic (exact) mass is 378 g/mol. The van der Waals surface area contributed by atoms with Gasteiger partial charge in [0.1, 0.15) is 23.8 Å². The number of nitrogens with one attached hydrogen (secondary N) is 1. The van der Waals surface area contributed by atoms with E-state index in [2.05, 4.69) is 24.4 Å². The number of nitrogens with zero attached hydrogens (tertiary/aromatic N) is 1. The van der Waals surface area contributed by atoms with E-state index in [-0.39, 0.29) is 24.2 Å². The minimum Gasteiger partial charge on any atom is -0.496 e. The SMILES string of the molecule is COc1cc2c(cc1[C@@H]1Nc3ccccc3C(=O)N1C1CCCC1)O[C@@H](C)C2. The van der Waals surface area contributed by atoms with Crippen molar-refractivity contribution in [3.05, 3.63) is 53.1 Å². The molecule has 0 aromatic heterocycles. The largest absolute Gasteiger partial charge is 0.496 e. The van der Waals surface area contributed by atoms with Crippen LogP contribution in [0.5, 0.6) is 11.5 Å². The Morgan fingerprint density at radius 1 is 1.18 bits per heavy atom. The molecule has 2 atom stereocenters. The highest BCUT2D eigenvalue weighted by Crippen LogP contribution is 2.44. The summed E-state index contributed by atoms with van der Waals surface area (Å²) in [6.07, 6.45) is 5.24. The Morgan fingerprint density at radius 3 is 2.75 bits per heavy atom. The molecule has 2 heterocycles. The Balaban J connectivity index is 1.63. The topological polar surface area (TPSA) is 50.8 Å². The van der Waals surface area contributed by atoms with E-state index in [4.69, 9.17) is 9.47 Å². The van der Waals surface area contributed by atoms with Crippen LogP contribution in [0.25, 0.3) is 0 Å². The van der Waals surface area contributed by atoms with Crippen LogP contribution in [0.3, 0.4) is 0 Å². The van der Waals surface area contributed by atoms with Crippen LogP contribution in [-0.2, 0) is 6.42 Å². The number of amides is 1. The van der Waals surface area contributed by atoms with E-state index in [1.165, 1.54) is 18.4 Å². The fourth-order valence-corrected chi connectivity index (χ4v) is 4.90. The van der Waals surface area contributed by atoms with Crippen LogP contribution in [-0.4, -0.2) is 30.1 Å². The summed E-state index contributed by atoms with van der Waals surface area (Å²) in [7, 11) is 1.70. The maximum absolute atomic E-state index is 13.5. The van der Waals surface area contributed by atoms with Crippen LogP contribution >= 0.6 is 0 Å². The molecule has 1 amide bonds. The average Bonchev–Trinajstić information content (AvgIpc) is 3.35. The molecular weight excluding hydrogens is 352 g/mol. The highest BCUT2D eigenvalue weighted by molar-refractivity contribution is 6.02. The van der Waals surface area contributed by atoms with Crippen molar-refractivity contribution in [1.82, 2.24) is 4.90 Å². The summed E-state index contributed by atoms with van der Waals surface area (Å²) in [6, 6.07) is 12.2. The summed E-state index contributed by atoms with van der Waals surface area (Å²) in [6.45, 7) is 2.08. The Bertz CT molecular complexity index is 920. The fourth-order valence-electron chi connectivity index (χ4n) is 4.90. The second kappa shape index (κ2) is 6.73. The maximum Gasteiger partial charge on any atom is 0.258 e. The third kappa shape index (κ3) is 2.72. The van der Waals surface area contributed by atoms with Gasteiger partial charge in [-0.3, -0.25) is 4.79 Å². The van der Waals surface area contributed by atoms with Crippen LogP contribution in [0.4, 0.5) is 5.69 Å². The molecule has 28 heavy (non-hydrogen) atoms. The molecule has 1 fully saturated rings. The molecule has 3 aliphatic rings. The molecule has 1 saturated carbocycles. The van der Waals surface area contributed by atoms with Gasteiger partial charge in [0, 0.05) is 29.3 Å². The number of ether oxygens (including phenoxy) is 2. The van der Waals surface area contributed by atoms with Crippen molar-refractivity contribution in [3.63, 3.8) is 0 Å². The van der Waals surface area contributed by atoms with Gasteiger partial charge in [0.15, 0.2) is 0 Å². The molecule has 5 rings (SSSR count). The molecule has 2 aliphatic heterocycles. The number of hydrogen-bond acceptors (Lipinski definition) is 4. The second-order valence-corrected chi connectivity index (χ2v) is 8.08. The molecular formula is C23H26N2O3. The van der Waals surface area contributed by atoms with E-state index < -0.39 is 0 Å². The van der Waals surface area contributed by atoms with E-state index in [0.717, 1.165) is 47.6 Å². The summed E-state index contributed by atoms with van der Waals surface area (Å²) in [5, 5.41) is 3.62. The molecule has 5 heteroatoms. The van der Waals surface area contributed by atoms with Crippen LogP contribution in [0.15, 0.2) is 36.4 Å². The summed E-state index contributed by atoms with van der Waals surface area (Å²) < 4.78 is 11.8. The number of carbonyl (C=O) groups excluding carboxylic acids is 1. The van der Waals surface area contributed by atoms with Crippen molar-refractivity contribution >= 4 is 11.6 Å². The minimum absolute atomic E-state index is 0.100. The van der Waals surface area contributed by atoms with Crippen molar-refractivity contribution in [2.24, 2.45) is 0 Å². The first kappa shape index (κ1) is 17.4. The molecule has 1 aliphatic carbocycles. The van der Waals surface area contributed by atoms with E-state index in [1.54, 1.807) is 7.11 Å². The summed E-state index contributed by atoms with van der Waals surface area (Å²) in [4.78, 5) is 15.5. The summed E-state index contributed by atoms with van der Waals surface area (Å²) in [5.74, 6) is 1.81. The maximum atomic E-state index is 13.5. The van der Waals surface area contributed by atoms with Crippen molar-refractivity contribution < 1.29 is 14.3 Å². The van der Waals surface area contributed by atoms with Crippen molar-refractivity contribution in [1.29, 1.82) is 0 Å². The van der Waals surface area contributed by atoms with Gasteiger partial charge in [-0.15, -0.1) is 0 Å². The van der Waals surface area contributed by atoms with E-state index >= 15 is 0 Å². The number of para-hydroxylation sites is 1. The van der Waals surface area contributed by atoms with Crippen molar-refractivity contribution in [2.75, 3.05) is 12.4 Å². The lowest BCUT2D eigenvalue weighted by Crippen LogP contribution is -2.47. The highest BCUT2D eigenvalue weighted by Gasteiger charge is 2.40. The van der Waals surface area contributed by atoms with Gasteiger partial charge in [-0.1, -0.05) is 25.0 Å². The van der Waals surface area contributed by atoms with Gasteiger partial charge < -0.3 is 19.7 Å². The Labute approximate surface area is 165 Å². The van der Waals surface area contributed by atoms with Crippen molar-refractivity contribution in [2.45, 2.75) is 57.3 Å². The molecule has 0 saturated heterocycles. The first-order valence-corrected chi connectivity index (χ1v) is 10.2. The lowest BCUT2D eigenvalue weighted by atomic mass is 9.98. The van der Waals surface area contributed by atoms with Gasteiger partial charge in [0.05, 0.1) is 12.7 Å². The standard InChI is InChI=1S/C23H26N2O3/c1-14-11-15-12-21(27-2)18(13-20(15)28-14)22-24-19-10-6-5-9-17(19)23(26)25(22)16-7-3-4-8-16/h5-6,9-10,12-14,16,22,24H,3-4,7-8,11H2,1-2H3/t14-,22+/m0/s1. The normalized spacial score (nSPS) is 23.8. The lowest BCUT2D eigenvalue weighted by Gasteiger charge is -2.42. The van der Waals surface area contributed by atoms with Gasteiger partial charge in [-0.25, -0.2) is 0 Å². The number of benzene rings is 2. The third-order valence-electron chi connectivity index (χ3n) is 6.22. The molecule has 146 valence electrons. The molecule has 0 bridgehead atoms. The smallest absolute Gasteiger partial charge is 0.258 e. The van der Waals surface area contributed by atoms with Crippen LogP contribution in [0, 0.1) is 0 Å². The van der Waals surface area contributed by atoms with Gasteiger partial charge in [-0.2, -0.15) is 0 Å². The molecule has 0 radical (unpaired) electrons. The van der Waals surface area contributed by atoms with Crippen LogP contribution in [0.2, 0.25) is 0 Å². The number of fused-ring (bicyclic) bond motifs is 2. The van der Waals surface area contributed by atoms with Crippen LogP contribution < -0.4 is 14.8 Å². The van der Waals surface area contributed by atoms with E-state index in [0.29, 0.717) is 0 Å². The number of anilines is 1. The molecule has 0 unspecified atom stereocenters. The lowest BCUT2D eigenvalue weighted by molar-refractivity contribution is 0.0582. The molecule has 0 spiro atoms. The second-order valence-electron chi connectivity index (χ2n) is 8.08. The third-order valence-corrected chi connectivity index (χ3v) is 6.22. The summed E-state index contributed by atoms with van der Waals surface area (Å²) >= 11 is 0. The van der Waals surface area contributed by atoms with Gasteiger partial charge in [0.25, 0.3) is 5.91 Å². The minimum atomic E-state index is -0.259. The van der Waals surface area contributed by atoms with Gasteiger partial charge >= 0.3 is 0 Å². The van der Waals surface area contributed by atoms with Crippen LogP contribution in [0.1, 0.15) is 60.3 Å². The summed E-state index contributed by atoms with van der Waals surface area (Å²) in [5.41, 5.74) is 3.76. The number of rotatable bonds is 3. The fraction of sp³-hybridized carbons (Fsp3) is 0.435. The van der Waals surface area contributed by atoms with E-state index in [9.17, 15) is 4.79 Å². The van der Waals surface area contributed by atoms with Crippen molar-refractivity contribution in [3.8, 4) is 11.5 Å². The number of methoxy groups -OCH3 is 1. The Kier molecular flexibility index (Phi) is 4.18. The number of hydrogen-bond donors (Lipinski definition) is 1. The van der Waals surface area contributed by atoms with Gasteiger partial charge in [0.2, 0.25) is 0 Å². The predicted molar refractivity (Wildman–Crippen MR) is 108 cm³/mol. The van der Waals surface area contributed by atoms with Gasteiger partial charge in [-0.05, 0) is 44.0 Å². The predicted octanol–water partition coefficient (Wildman–Crippen LogP) is 4.53. The molecule has 5 nitrogen and oxygen atoms in total. The Hall–Kier alpha value is -2.69. The zero-order valence-corrected chi connectivity index (χ0v) is 16.4. The van der Waals surface area contributed by atoms with E-state index in [1.807, 2.05) is 29.2 Å². The molecule has 2 aromatic carbocycles. The average molecular weight is 378 g/mol. The zero-order chi connectivity index (χ0) is 19.3. The quantitative estimate of drug-likeness (QED) is 0.853. The highest BCUT2D eigenvalue weighted by atomic mass is 16.5. The first-order chi connectivity index (χ1) is 13.7. The number of carbonyl (C=O) groups is 1. The zero-order valence-electron chi connectivity index (χ0n) is 16.4. The first-order valence-electron chi connectivity index (χ1n) is 10.2.